The van der Waals surface area contributed by atoms with E-state index in [0.29, 0.717) is 17.2 Å². The lowest BCUT2D eigenvalue weighted by Gasteiger charge is -2.21. The van der Waals surface area contributed by atoms with Crippen LogP contribution in [0.2, 0.25) is 5.02 Å². The van der Waals surface area contributed by atoms with Crippen LogP contribution in [0.25, 0.3) is 10.4 Å². The number of hydrogen-bond acceptors (Lipinski definition) is 4. The highest BCUT2D eigenvalue weighted by Gasteiger charge is 2.37. The maximum Gasteiger partial charge on any atom is 0.304 e. The number of aromatic nitrogens is 1. The van der Waals surface area contributed by atoms with Gasteiger partial charge in [0.1, 0.15) is 5.76 Å². The molecule has 1 aromatic carbocycles. The molecule has 0 saturated carbocycles. The Bertz CT molecular complexity index is 1020. The predicted molar refractivity (Wildman–Crippen MR) is 107 cm³/mol. The molecule has 0 bridgehead atoms. The third-order valence-electron chi connectivity index (χ3n) is 5.48. The molecule has 1 unspecified atom stereocenters. The summed E-state index contributed by atoms with van der Waals surface area (Å²) in [7, 11) is 0. The van der Waals surface area contributed by atoms with E-state index in [1.54, 1.807) is 11.3 Å². The molecule has 27 heavy (non-hydrogen) atoms. The number of aliphatic carboxylic acids is 1. The summed E-state index contributed by atoms with van der Waals surface area (Å²) in [5, 5.41) is 14.3. The fourth-order valence-electron chi connectivity index (χ4n) is 4.09. The van der Waals surface area contributed by atoms with Crippen molar-refractivity contribution in [1.29, 1.82) is 0 Å². The van der Waals surface area contributed by atoms with E-state index in [4.69, 9.17) is 16.1 Å². The average molecular weight is 402 g/mol. The van der Waals surface area contributed by atoms with Gasteiger partial charge in [0.05, 0.1) is 17.7 Å². The lowest BCUT2D eigenvalue weighted by Crippen LogP contribution is -2.11. The molecule has 0 aliphatic heterocycles. The molecular weight excluding hydrogens is 382 g/mol. The molecule has 4 nitrogen and oxygen atoms in total. The fourth-order valence-corrected chi connectivity index (χ4v) is 5.54. The third-order valence-corrected chi connectivity index (χ3v) is 6.97. The van der Waals surface area contributed by atoms with E-state index in [1.807, 2.05) is 31.2 Å². The predicted octanol–water partition coefficient (Wildman–Crippen LogP) is 6.08. The van der Waals surface area contributed by atoms with Crippen LogP contribution in [0.5, 0.6) is 0 Å². The molecule has 0 fully saturated rings. The van der Waals surface area contributed by atoms with Gasteiger partial charge in [-0.05, 0) is 56.0 Å². The number of carbonyl (C=O) groups is 1. The quantitative estimate of drug-likeness (QED) is 0.578. The molecule has 0 radical (unpaired) electrons. The summed E-state index contributed by atoms with van der Waals surface area (Å²) in [6, 6.07) is 7.87. The van der Waals surface area contributed by atoms with Crippen molar-refractivity contribution in [3.8, 4) is 10.4 Å². The number of nitrogens with zero attached hydrogens (tertiary/aromatic N) is 1. The van der Waals surface area contributed by atoms with E-state index >= 15 is 0 Å². The van der Waals surface area contributed by atoms with Crippen LogP contribution in [0.4, 0.5) is 0 Å². The molecule has 2 heterocycles. The summed E-state index contributed by atoms with van der Waals surface area (Å²) in [5.74, 6) is -0.255. The number of thiophene rings is 1. The van der Waals surface area contributed by atoms with Crippen molar-refractivity contribution in [1.82, 2.24) is 5.16 Å². The van der Waals surface area contributed by atoms with E-state index in [0.717, 1.165) is 21.7 Å². The molecule has 2 atom stereocenters. The van der Waals surface area contributed by atoms with Gasteiger partial charge in [0.25, 0.3) is 0 Å². The summed E-state index contributed by atoms with van der Waals surface area (Å²) >= 11 is 7.83. The highest BCUT2D eigenvalue weighted by atomic mass is 35.5. The molecule has 1 aliphatic carbocycles. The lowest BCUT2D eigenvalue weighted by atomic mass is 9.82. The second kappa shape index (κ2) is 6.80. The standard InChI is InChI=1S/C21H20ClNO3S/c1-10-12(3)27-21-18(10)16(13-4-6-15(22)7-5-13)8-14(9-17(24)25)20-19(21)11(2)23-26-20/h4-7,14,16H,8-9H2,1-3H3,(H,24,25)/t14-,16?/m0/s1. The molecule has 0 spiro atoms. The van der Waals surface area contributed by atoms with E-state index in [1.165, 1.54) is 16.0 Å². The van der Waals surface area contributed by atoms with Crippen LogP contribution in [0.15, 0.2) is 28.8 Å². The van der Waals surface area contributed by atoms with E-state index in [-0.39, 0.29) is 18.3 Å². The summed E-state index contributed by atoms with van der Waals surface area (Å²) in [6.45, 7) is 6.20. The minimum absolute atomic E-state index is 0.0265. The third kappa shape index (κ3) is 3.09. The van der Waals surface area contributed by atoms with Crippen LogP contribution in [0.3, 0.4) is 0 Å². The number of rotatable bonds is 3. The van der Waals surface area contributed by atoms with Gasteiger partial charge < -0.3 is 9.63 Å². The summed E-state index contributed by atoms with van der Waals surface area (Å²) in [6.07, 6.45) is 0.693. The van der Waals surface area contributed by atoms with Gasteiger partial charge in [-0.15, -0.1) is 11.3 Å². The Morgan fingerprint density at radius 2 is 2.00 bits per heavy atom. The molecule has 2 aromatic heterocycles. The van der Waals surface area contributed by atoms with Gasteiger partial charge >= 0.3 is 5.97 Å². The summed E-state index contributed by atoms with van der Waals surface area (Å²) < 4.78 is 5.66. The van der Waals surface area contributed by atoms with Crippen LogP contribution < -0.4 is 0 Å². The second-order valence-corrected chi connectivity index (χ2v) is 8.83. The van der Waals surface area contributed by atoms with Gasteiger partial charge in [-0.2, -0.15) is 0 Å². The Labute approximate surface area is 166 Å². The van der Waals surface area contributed by atoms with Crippen molar-refractivity contribution in [3.05, 3.63) is 62.3 Å². The number of carboxylic acids is 1. The highest BCUT2D eigenvalue weighted by molar-refractivity contribution is 7.15. The number of carboxylic acid groups (broad SMARTS) is 1. The minimum atomic E-state index is -0.826. The summed E-state index contributed by atoms with van der Waals surface area (Å²) in [5.41, 5.74) is 5.47. The molecule has 140 valence electrons. The van der Waals surface area contributed by atoms with E-state index in [9.17, 15) is 9.90 Å². The number of halogens is 1. The maximum absolute atomic E-state index is 11.5. The Hall–Kier alpha value is -2.11. The molecule has 1 N–H and O–H groups in total. The Morgan fingerprint density at radius 3 is 2.67 bits per heavy atom. The smallest absolute Gasteiger partial charge is 0.304 e. The summed E-state index contributed by atoms with van der Waals surface area (Å²) in [4.78, 5) is 14.0. The molecule has 0 amide bonds. The van der Waals surface area contributed by atoms with E-state index in [2.05, 4.69) is 19.0 Å². The topological polar surface area (TPSA) is 63.3 Å². The Kier molecular flexibility index (Phi) is 4.60. The molecule has 6 heteroatoms. The van der Waals surface area contributed by atoms with Gasteiger partial charge in [0.15, 0.2) is 0 Å². The van der Waals surface area contributed by atoms with Gasteiger partial charge in [0.2, 0.25) is 0 Å². The number of hydrogen-bond donors (Lipinski definition) is 1. The van der Waals surface area contributed by atoms with Gasteiger partial charge in [-0.3, -0.25) is 4.79 Å². The zero-order chi connectivity index (χ0) is 19.3. The lowest BCUT2D eigenvalue weighted by molar-refractivity contribution is -0.137. The Balaban J connectivity index is 1.96. The number of aryl methyl sites for hydroxylation is 2. The minimum Gasteiger partial charge on any atom is -0.481 e. The average Bonchev–Trinajstić information content (AvgIpc) is 3.08. The highest BCUT2D eigenvalue weighted by Crippen LogP contribution is 2.52. The Morgan fingerprint density at radius 1 is 1.30 bits per heavy atom. The van der Waals surface area contributed by atoms with Crippen molar-refractivity contribution in [3.63, 3.8) is 0 Å². The van der Waals surface area contributed by atoms with Crippen LogP contribution in [0.1, 0.15) is 57.7 Å². The first-order valence-corrected chi connectivity index (χ1v) is 10.1. The first-order chi connectivity index (χ1) is 12.9. The van der Waals surface area contributed by atoms with Crippen molar-refractivity contribution in [2.24, 2.45) is 0 Å². The van der Waals surface area contributed by atoms with Crippen LogP contribution >= 0.6 is 22.9 Å². The number of fused-ring (bicyclic) bond motifs is 3. The van der Waals surface area contributed by atoms with E-state index < -0.39 is 5.97 Å². The van der Waals surface area contributed by atoms with Crippen molar-refractivity contribution < 1.29 is 14.4 Å². The molecule has 3 aromatic rings. The SMILES string of the molecule is Cc1noc2c1-c1sc(C)c(C)c1C(c1ccc(Cl)cc1)C[C@H]2CC(=O)O. The van der Waals surface area contributed by atoms with Crippen molar-refractivity contribution >= 4 is 28.9 Å². The number of benzene rings is 1. The molecule has 1 aliphatic rings. The second-order valence-electron chi connectivity index (χ2n) is 7.17. The maximum atomic E-state index is 11.5. The van der Waals surface area contributed by atoms with Gasteiger partial charge in [-0.25, -0.2) is 0 Å². The van der Waals surface area contributed by atoms with Crippen LogP contribution in [-0.4, -0.2) is 16.2 Å². The van der Waals surface area contributed by atoms with Gasteiger partial charge in [0, 0.05) is 26.6 Å². The molecule has 4 rings (SSSR count). The van der Waals surface area contributed by atoms with Crippen molar-refractivity contribution in [2.75, 3.05) is 0 Å². The zero-order valence-electron chi connectivity index (χ0n) is 15.4. The van der Waals surface area contributed by atoms with Crippen LogP contribution in [-0.2, 0) is 4.79 Å². The monoisotopic (exact) mass is 401 g/mol. The normalized spacial score (nSPS) is 18.7. The largest absolute Gasteiger partial charge is 0.481 e. The van der Waals surface area contributed by atoms with Crippen LogP contribution in [0, 0.1) is 20.8 Å². The first-order valence-electron chi connectivity index (χ1n) is 8.90. The zero-order valence-corrected chi connectivity index (χ0v) is 16.9. The first kappa shape index (κ1) is 18.3. The fraction of sp³-hybridized carbons (Fsp3) is 0.333. The molecule has 0 saturated heterocycles. The molecular formula is C21H20ClNO3S. The van der Waals surface area contributed by atoms with Gasteiger partial charge in [-0.1, -0.05) is 28.9 Å². The van der Waals surface area contributed by atoms with Crippen molar-refractivity contribution in [2.45, 2.75) is 45.4 Å².